The van der Waals surface area contributed by atoms with E-state index in [1.54, 1.807) is 25.1 Å². The van der Waals surface area contributed by atoms with Crippen LogP contribution in [-0.2, 0) is 16.1 Å². The second kappa shape index (κ2) is 7.13. The van der Waals surface area contributed by atoms with Gasteiger partial charge in [-0.1, -0.05) is 29.3 Å². The Morgan fingerprint density at radius 2 is 2.17 bits per heavy atom. The second-order valence-electron chi connectivity index (χ2n) is 3.38. The van der Waals surface area contributed by atoms with E-state index in [9.17, 15) is 4.79 Å². The monoisotopic (exact) mass is 289 g/mol. The molecule has 0 spiro atoms. The Labute approximate surface area is 115 Å². The van der Waals surface area contributed by atoms with Crippen molar-refractivity contribution in [3.63, 3.8) is 0 Å². The topological polar surface area (TPSA) is 58.6 Å². The maximum atomic E-state index is 11.4. The summed E-state index contributed by atoms with van der Waals surface area (Å²) in [5, 5.41) is 12.6. The molecule has 98 valence electrons. The van der Waals surface area contributed by atoms with Gasteiger partial charge in [0.25, 0.3) is 11.9 Å². The van der Waals surface area contributed by atoms with Crippen molar-refractivity contribution in [1.29, 1.82) is 0 Å². The third kappa shape index (κ3) is 4.85. The number of halogens is 2. The summed E-state index contributed by atoms with van der Waals surface area (Å²) in [5.41, 5.74) is 0.807. The second-order valence-corrected chi connectivity index (χ2v) is 4.20. The van der Waals surface area contributed by atoms with Gasteiger partial charge in [0, 0.05) is 6.54 Å². The predicted octanol–water partition coefficient (Wildman–Crippen LogP) is 3.05. The van der Waals surface area contributed by atoms with Crippen LogP contribution in [0.25, 0.3) is 0 Å². The van der Waals surface area contributed by atoms with Gasteiger partial charge in [-0.2, -0.15) is 0 Å². The van der Waals surface area contributed by atoms with Crippen LogP contribution in [0, 0.1) is 0 Å². The Bertz CT molecular complexity index is 461. The average molecular weight is 290 g/mol. The van der Waals surface area contributed by atoms with Crippen LogP contribution in [0.1, 0.15) is 12.5 Å². The summed E-state index contributed by atoms with van der Waals surface area (Å²) >= 11 is 11.6. The molecule has 0 heterocycles. The van der Waals surface area contributed by atoms with Crippen LogP contribution in [-0.4, -0.2) is 17.6 Å². The van der Waals surface area contributed by atoms with Crippen molar-refractivity contribution in [2.45, 2.75) is 13.5 Å². The summed E-state index contributed by atoms with van der Waals surface area (Å²) in [7, 11) is 0. The number of aliphatic hydroxyl groups is 1. The highest BCUT2D eigenvalue weighted by atomic mass is 35.5. The molecule has 0 unspecified atom stereocenters. The van der Waals surface area contributed by atoms with Gasteiger partial charge in [0.15, 0.2) is 0 Å². The highest BCUT2D eigenvalue weighted by Crippen LogP contribution is 2.22. The van der Waals surface area contributed by atoms with Gasteiger partial charge in [-0.05, 0) is 24.6 Å². The van der Waals surface area contributed by atoms with Crippen LogP contribution in [0.5, 0.6) is 0 Å². The molecule has 6 heteroatoms. The molecule has 0 fully saturated rings. The van der Waals surface area contributed by atoms with Crippen molar-refractivity contribution in [3.05, 3.63) is 45.8 Å². The van der Waals surface area contributed by atoms with E-state index in [2.05, 4.69) is 5.32 Å². The SMILES string of the molecule is CCO/C(O)=C/C(=O)NCc1ccc(Cl)c(Cl)c1. The molecule has 0 atom stereocenters. The van der Waals surface area contributed by atoms with Gasteiger partial charge in [-0.3, -0.25) is 4.79 Å². The van der Waals surface area contributed by atoms with Crippen LogP contribution < -0.4 is 5.32 Å². The first-order valence-corrected chi connectivity index (χ1v) is 6.03. The minimum Gasteiger partial charge on any atom is -0.481 e. The molecular weight excluding hydrogens is 277 g/mol. The zero-order valence-electron chi connectivity index (χ0n) is 9.74. The van der Waals surface area contributed by atoms with Gasteiger partial charge in [0.2, 0.25) is 0 Å². The summed E-state index contributed by atoms with van der Waals surface area (Å²) in [6.07, 6.45) is 0.973. The number of benzene rings is 1. The van der Waals surface area contributed by atoms with E-state index in [-0.39, 0.29) is 6.54 Å². The molecule has 0 aromatic heterocycles. The standard InChI is InChI=1S/C12H13Cl2NO3/c1-2-18-12(17)6-11(16)15-7-8-3-4-9(13)10(14)5-8/h3-6,17H,2,7H2,1H3,(H,15,16)/b12-6+. The summed E-state index contributed by atoms with van der Waals surface area (Å²) in [6.45, 7) is 2.28. The van der Waals surface area contributed by atoms with Gasteiger partial charge in [-0.25, -0.2) is 0 Å². The molecule has 0 aliphatic heterocycles. The van der Waals surface area contributed by atoms with Crippen LogP contribution in [0.3, 0.4) is 0 Å². The van der Waals surface area contributed by atoms with E-state index in [1.165, 1.54) is 0 Å². The lowest BCUT2D eigenvalue weighted by atomic mass is 10.2. The van der Waals surface area contributed by atoms with Gasteiger partial charge >= 0.3 is 0 Å². The number of nitrogens with one attached hydrogen (secondary N) is 1. The van der Waals surface area contributed by atoms with E-state index in [0.29, 0.717) is 16.7 Å². The molecule has 1 rings (SSSR count). The van der Waals surface area contributed by atoms with Crippen molar-refractivity contribution >= 4 is 29.1 Å². The van der Waals surface area contributed by atoms with Gasteiger partial charge in [-0.15, -0.1) is 0 Å². The average Bonchev–Trinajstić information content (AvgIpc) is 2.31. The van der Waals surface area contributed by atoms with Crippen LogP contribution in [0.4, 0.5) is 0 Å². The maximum Gasteiger partial charge on any atom is 0.282 e. The Morgan fingerprint density at radius 1 is 1.44 bits per heavy atom. The first-order valence-electron chi connectivity index (χ1n) is 5.28. The normalized spacial score (nSPS) is 11.2. The quantitative estimate of drug-likeness (QED) is 0.647. The first kappa shape index (κ1) is 14.7. The number of carbonyl (C=O) groups excluding carboxylic acids is 1. The molecule has 0 aliphatic carbocycles. The van der Waals surface area contributed by atoms with Crippen molar-refractivity contribution in [2.75, 3.05) is 6.61 Å². The van der Waals surface area contributed by atoms with E-state index in [4.69, 9.17) is 33.0 Å². The molecule has 0 saturated carbocycles. The number of ether oxygens (including phenoxy) is 1. The molecule has 0 radical (unpaired) electrons. The number of carbonyl (C=O) groups is 1. The highest BCUT2D eigenvalue weighted by Gasteiger charge is 2.03. The highest BCUT2D eigenvalue weighted by molar-refractivity contribution is 6.42. The third-order valence-corrected chi connectivity index (χ3v) is 2.74. The van der Waals surface area contributed by atoms with Gasteiger partial charge in [0.05, 0.1) is 22.7 Å². The number of rotatable bonds is 5. The zero-order valence-corrected chi connectivity index (χ0v) is 11.3. The number of aliphatic hydroxyl groups excluding tert-OH is 1. The van der Waals surface area contributed by atoms with E-state index in [0.717, 1.165) is 11.6 Å². The van der Waals surface area contributed by atoms with E-state index < -0.39 is 11.9 Å². The lowest BCUT2D eigenvalue weighted by Gasteiger charge is -2.05. The number of hydrogen-bond acceptors (Lipinski definition) is 3. The lowest BCUT2D eigenvalue weighted by Crippen LogP contribution is -2.21. The van der Waals surface area contributed by atoms with Gasteiger partial charge < -0.3 is 15.2 Å². The molecule has 18 heavy (non-hydrogen) atoms. The largest absolute Gasteiger partial charge is 0.481 e. The fourth-order valence-electron chi connectivity index (χ4n) is 1.19. The van der Waals surface area contributed by atoms with Crippen molar-refractivity contribution in [2.24, 2.45) is 0 Å². The summed E-state index contributed by atoms with van der Waals surface area (Å²) in [4.78, 5) is 11.4. The summed E-state index contributed by atoms with van der Waals surface area (Å²) < 4.78 is 4.72. The molecule has 0 aliphatic rings. The van der Waals surface area contributed by atoms with Crippen molar-refractivity contribution in [1.82, 2.24) is 5.32 Å². The summed E-state index contributed by atoms with van der Waals surface area (Å²) in [5.74, 6) is -0.865. The molecule has 1 aromatic rings. The third-order valence-electron chi connectivity index (χ3n) is 2.00. The van der Waals surface area contributed by atoms with Crippen molar-refractivity contribution < 1.29 is 14.6 Å². The molecule has 1 amide bonds. The predicted molar refractivity (Wildman–Crippen MR) is 70.6 cm³/mol. The Morgan fingerprint density at radius 3 is 2.78 bits per heavy atom. The van der Waals surface area contributed by atoms with Gasteiger partial charge in [0.1, 0.15) is 0 Å². The fourth-order valence-corrected chi connectivity index (χ4v) is 1.51. The maximum absolute atomic E-state index is 11.4. The minimum atomic E-state index is -0.452. The Hall–Kier alpha value is -1.39. The number of hydrogen-bond donors (Lipinski definition) is 2. The molecule has 1 aromatic carbocycles. The first-order chi connectivity index (χ1) is 8.52. The lowest BCUT2D eigenvalue weighted by molar-refractivity contribution is -0.117. The smallest absolute Gasteiger partial charge is 0.282 e. The molecule has 0 saturated heterocycles. The summed E-state index contributed by atoms with van der Waals surface area (Å²) in [6, 6.07) is 5.07. The van der Waals surface area contributed by atoms with Crippen LogP contribution in [0.2, 0.25) is 10.0 Å². The number of amides is 1. The van der Waals surface area contributed by atoms with Crippen LogP contribution >= 0.6 is 23.2 Å². The molecular formula is C12H13Cl2NO3. The zero-order chi connectivity index (χ0) is 13.5. The van der Waals surface area contributed by atoms with E-state index >= 15 is 0 Å². The minimum absolute atomic E-state index is 0.283. The van der Waals surface area contributed by atoms with Crippen molar-refractivity contribution in [3.8, 4) is 0 Å². The fraction of sp³-hybridized carbons (Fsp3) is 0.250. The van der Waals surface area contributed by atoms with E-state index in [1.807, 2.05) is 0 Å². The Kier molecular flexibility index (Phi) is 5.82. The molecule has 0 bridgehead atoms. The Balaban J connectivity index is 2.52. The molecule has 2 N–H and O–H groups in total. The van der Waals surface area contributed by atoms with Crippen LogP contribution in [0.15, 0.2) is 30.2 Å². The molecule has 4 nitrogen and oxygen atoms in total.